The molecule has 15 nitrogen and oxygen atoms in total. The number of halogens is 2. The largest absolute Gasteiger partial charge is 0.495 e. The second-order valence-electron chi connectivity index (χ2n) is 14.1. The number of ether oxygens (including phenoxy) is 3. The number of non-ortho nitro benzene ring substituents is 1. The molecule has 2 aromatic carbocycles. The number of methoxy groups -OCH3 is 1. The van der Waals surface area contributed by atoms with Crippen molar-refractivity contribution in [1.82, 2.24) is 0 Å². The number of carbonyl (C=O) groups excluding carboxylic acids is 3. The maximum atomic E-state index is 13.5. The lowest BCUT2D eigenvalue weighted by atomic mass is 9.84. The van der Waals surface area contributed by atoms with Crippen molar-refractivity contribution in [2.45, 2.75) is 79.1 Å². The lowest BCUT2D eigenvalue weighted by Gasteiger charge is -2.29. The number of alkyl halides is 2. The van der Waals surface area contributed by atoms with Crippen LogP contribution in [-0.2, 0) is 23.9 Å². The molecule has 0 heterocycles. The van der Waals surface area contributed by atoms with Crippen molar-refractivity contribution in [2.24, 2.45) is 11.3 Å². The fourth-order valence-corrected chi connectivity index (χ4v) is 6.14. The molecule has 1 atom stereocenters. The van der Waals surface area contributed by atoms with Gasteiger partial charge in [-0.05, 0) is 49.5 Å². The van der Waals surface area contributed by atoms with Crippen molar-refractivity contribution < 1.29 is 33.5 Å². The molecule has 17 heteroatoms. The maximum absolute atomic E-state index is 13.5. The number of nitrogens with one attached hydrogen (secondary N) is 3. The summed E-state index contributed by atoms with van der Waals surface area (Å²) in [5.74, 6) is -0.157. The van der Waals surface area contributed by atoms with Crippen LogP contribution in [0.3, 0.4) is 0 Å². The van der Waals surface area contributed by atoms with E-state index < -0.39 is 10.6 Å². The van der Waals surface area contributed by atoms with E-state index in [1.54, 1.807) is 12.1 Å². The second-order valence-corrected chi connectivity index (χ2v) is 14.8. The van der Waals surface area contributed by atoms with Crippen LogP contribution in [0.1, 0.15) is 90.2 Å². The molecule has 300 valence electrons. The van der Waals surface area contributed by atoms with Crippen LogP contribution in [0, 0.1) is 44.1 Å². The van der Waals surface area contributed by atoms with Gasteiger partial charge in [0, 0.05) is 49.5 Å². The number of hydrazine groups is 1. The van der Waals surface area contributed by atoms with Crippen molar-refractivity contribution in [2.75, 3.05) is 66.2 Å². The Labute approximate surface area is 332 Å². The summed E-state index contributed by atoms with van der Waals surface area (Å²) in [4.78, 5) is 49.9. The number of benzene rings is 2. The Kier molecular flexibility index (Phi) is 19.9. The summed E-state index contributed by atoms with van der Waals surface area (Å²) < 4.78 is 16.4. The number of amides is 1. The van der Waals surface area contributed by atoms with Crippen LogP contribution in [0.4, 0.5) is 28.4 Å². The SMILES string of the molecule is COc1cc(NNc2c(C#N)cc([N+](=O)[O-])cc2C#N)c(NC(=O)CC(C)CC(C)(C)C)cc1N(CCCCOC(=O)CCCl)CCCCOC(=O)CCCl. The summed E-state index contributed by atoms with van der Waals surface area (Å²) >= 11 is 11.3. The first kappa shape index (κ1) is 46.2. The van der Waals surface area contributed by atoms with Gasteiger partial charge in [0.2, 0.25) is 5.91 Å². The fraction of sp³-hybridized carbons (Fsp3) is 0.553. The first-order chi connectivity index (χ1) is 26.2. The molecular weight excluding hydrogens is 753 g/mol. The average Bonchev–Trinajstić information content (AvgIpc) is 3.11. The predicted molar refractivity (Wildman–Crippen MR) is 213 cm³/mol. The molecule has 55 heavy (non-hydrogen) atoms. The van der Waals surface area contributed by atoms with Crippen molar-refractivity contribution in [3.8, 4) is 17.9 Å². The van der Waals surface area contributed by atoms with E-state index >= 15 is 0 Å². The van der Waals surface area contributed by atoms with Crippen molar-refractivity contribution in [3.63, 3.8) is 0 Å². The molecule has 2 aromatic rings. The normalized spacial score (nSPS) is 11.4. The van der Waals surface area contributed by atoms with Gasteiger partial charge in [-0.2, -0.15) is 10.5 Å². The predicted octanol–water partition coefficient (Wildman–Crippen LogP) is 7.90. The molecule has 0 saturated carbocycles. The number of nitrogens with zero attached hydrogens (tertiary/aromatic N) is 4. The van der Waals surface area contributed by atoms with E-state index in [1.807, 2.05) is 19.1 Å². The highest BCUT2D eigenvalue weighted by molar-refractivity contribution is 6.19. The van der Waals surface area contributed by atoms with E-state index in [1.165, 1.54) is 7.11 Å². The van der Waals surface area contributed by atoms with Gasteiger partial charge < -0.3 is 24.4 Å². The number of esters is 2. The Balaban J connectivity index is 2.52. The molecule has 0 saturated heterocycles. The van der Waals surface area contributed by atoms with Crippen molar-refractivity contribution in [1.29, 1.82) is 10.5 Å². The van der Waals surface area contributed by atoms with Crippen molar-refractivity contribution in [3.05, 3.63) is 45.5 Å². The van der Waals surface area contributed by atoms with Gasteiger partial charge in [0.1, 0.15) is 17.9 Å². The number of nitro groups is 1. The van der Waals surface area contributed by atoms with E-state index in [0.29, 0.717) is 61.6 Å². The zero-order valence-corrected chi connectivity index (χ0v) is 33.6. The molecule has 3 N–H and O–H groups in total. The van der Waals surface area contributed by atoms with Gasteiger partial charge in [0.25, 0.3) is 5.69 Å². The quantitative estimate of drug-likeness (QED) is 0.0303. The van der Waals surface area contributed by atoms with Crippen LogP contribution in [-0.4, -0.2) is 67.9 Å². The van der Waals surface area contributed by atoms with Gasteiger partial charge >= 0.3 is 11.9 Å². The van der Waals surface area contributed by atoms with E-state index in [4.69, 9.17) is 37.4 Å². The molecule has 0 aliphatic heterocycles. The number of rotatable bonds is 24. The van der Waals surface area contributed by atoms with Crippen LogP contribution < -0.4 is 25.8 Å². The number of hydrogen-bond donors (Lipinski definition) is 3. The number of nitriles is 2. The summed E-state index contributed by atoms with van der Waals surface area (Å²) in [6.07, 6.45) is 3.69. The minimum absolute atomic E-state index is 0.00911. The summed E-state index contributed by atoms with van der Waals surface area (Å²) in [6, 6.07) is 9.30. The van der Waals surface area contributed by atoms with Crippen molar-refractivity contribution >= 4 is 69.5 Å². The highest BCUT2D eigenvalue weighted by atomic mass is 35.5. The molecule has 0 aliphatic carbocycles. The number of unbranched alkanes of at least 4 members (excludes halogenated alkanes) is 2. The molecular formula is C38H51Cl2N7O8. The third-order valence-corrected chi connectivity index (χ3v) is 8.47. The van der Waals surface area contributed by atoms with Crippen LogP contribution >= 0.6 is 23.2 Å². The molecule has 0 bridgehead atoms. The van der Waals surface area contributed by atoms with Crippen LogP contribution in [0.25, 0.3) is 0 Å². The topological polar surface area (TPSA) is 209 Å². The molecule has 1 unspecified atom stereocenters. The monoisotopic (exact) mass is 803 g/mol. The highest BCUT2D eigenvalue weighted by Gasteiger charge is 2.22. The second kappa shape index (κ2) is 23.7. The molecule has 1 amide bonds. The van der Waals surface area contributed by atoms with E-state index in [2.05, 4.69) is 41.8 Å². The zero-order valence-electron chi connectivity index (χ0n) is 32.1. The Bertz CT molecular complexity index is 1640. The molecule has 0 aromatic heterocycles. The number of carbonyl (C=O) groups is 3. The number of anilines is 4. The minimum Gasteiger partial charge on any atom is -0.495 e. The van der Waals surface area contributed by atoms with Crippen LogP contribution in [0.2, 0.25) is 0 Å². The Morgan fingerprint density at radius 3 is 1.89 bits per heavy atom. The summed E-state index contributed by atoms with van der Waals surface area (Å²) in [7, 11) is 1.49. The maximum Gasteiger partial charge on any atom is 0.306 e. The molecule has 0 aliphatic rings. The van der Waals surface area contributed by atoms with Crippen LogP contribution in [0.15, 0.2) is 24.3 Å². The third-order valence-electron chi connectivity index (χ3n) is 8.09. The Hall–Kier alpha value is -4.99. The van der Waals surface area contributed by atoms with Gasteiger partial charge in [-0.15, -0.1) is 23.2 Å². The summed E-state index contributed by atoms with van der Waals surface area (Å²) in [6.45, 7) is 9.79. The lowest BCUT2D eigenvalue weighted by Crippen LogP contribution is -2.27. The standard InChI is InChI=1S/C38H51Cl2N7O8/c1-26(23-38(2,3)4)18-34(48)43-30-21-32(46(14-6-8-16-54-35(49)10-12-39)15-7-9-17-55-36(50)11-13-40)33(53-5)22-31(30)44-45-37-27(24-41)19-29(47(51)52)20-28(37)25-42/h19-22,26,44-45H,6-18,23H2,1-5H3,(H,43,48). The van der Waals surface area contributed by atoms with Gasteiger partial charge in [0.15, 0.2) is 0 Å². The summed E-state index contributed by atoms with van der Waals surface area (Å²) in [5, 5.41) is 34.0. The molecule has 0 spiro atoms. The average molecular weight is 805 g/mol. The van der Waals surface area contributed by atoms with E-state index in [9.17, 15) is 35.0 Å². The first-order valence-electron chi connectivity index (χ1n) is 18.0. The highest BCUT2D eigenvalue weighted by Crippen LogP contribution is 2.39. The van der Waals surface area contributed by atoms with Gasteiger partial charge in [0.05, 0.1) is 72.0 Å². The minimum atomic E-state index is -0.690. The van der Waals surface area contributed by atoms with E-state index in [0.717, 1.165) is 18.6 Å². The van der Waals surface area contributed by atoms with Gasteiger partial charge in [-0.1, -0.05) is 27.7 Å². The fourth-order valence-electron chi connectivity index (χ4n) is 5.83. The van der Waals surface area contributed by atoms with E-state index in [-0.39, 0.29) is 90.2 Å². The smallest absolute Gasteiger partial charge is 0.306 e. The molecule has 0 fully saturated rings. The molecule has 0 radical (unpaired) electrons. The van der Waals surface area contributed by atoms with Gasteiger partial charge in [-0.25, -0.2) is 0 Å². The number of nitro benzene ring substituents is 1. The van der Waals surface area contributed by atoms with Gasteiger partial charge in [-0.3, -0.25) is 35.3 Å². The lowest BCUT2D eigenvalue weighted by molar-refractivity contribution is -0.384. The number of hydrogen-bond acceptors (Lipinski definition) is 13. The Morgan fingerprint density at radius 1 is 0.891 bits per heavy atom. The molecule has 2 rings (SSSR count). The summed E-state index contributed by atoms with van der Waals surface area (Å²) in [5.41, 5.74) is 6.45. The Morgan fingerprint density at radius 2 is 1.44 bits per heavy atom. The first-order valence-corrected chi connectivity index (χ1v) is 19.1. The van der Waals surface area contributed by atoms with Crippen LogP contribution in [0.5, 0.6) is 5.75 Å². The third kappa shape index (κ3) is 16.5. The zero-order chi connectivity index (χ0) is 41.0.